The third-order valence-electron chi connectivity index (χ3n) is 5.27. The zero-order chi connectivity index (χ0) is 18.2. The lowest BCUT2D eigenvalue weighted by atomic mass is 9.78. The fraction of sp³-hybridized carbons (Fsp3) is 0.750. The Morgan fingerprint density at radius 2 is 2.04 bits per heavy atom. The van der Waals surface area contributed by atoms with Crippen LogP contribution in [0.4, 0.5) is 0 Å². The highest BCUT2D eigenvalue weighted by atomic mass is 32.2. The van der Waals surface area contributed by atoms with E-state index in [2.05, 4.69) is 5.16 Å². The quantitative estimate of drug-likeness (QED) is 0.765. The van der Waals surface area contributed by atoms with Crippen molar-refractivity contribution in [2.75, 3.05) is 39.9 Å². The molecular formula is C16H25N3O5S. The first-order chi connectivity index (χ1) is 11.8. The van der Waals surface area contributed by atoms with Gasteiger partial charge in [0.1, 0.15) is 10.6 Å². The van der Waals surface area contributed by atoms with Crippen LogP contribution in [0.1, 0.15) is 30.7 Å². The molecule has 0 saturated carbocycles. The lowest BCUT2D eigenvalue weighted by Gasteiger charge is -2.39. The summed E-state index contributed by atoms with van der Waals surface area (Å²) in [5.41, 5.74) is -0.256. The van der Waals surface area contributed by atoms with Gasteiger partial charge in [0.15, 0.2) is 5.76 Å². The van der Waals surface area contributed by atoms with Crippen molar-refractivity contribution in [3.63, 3.8) is 0 Å². The van der Waals surface area contributed by atoms with Crippen molar-refractivity contribution in [3.05, 3.63) is 11.5 Å². The van der Waals surface area contributed by atoms with Gasteiger partial charge in [-0.15, -0.1) is 0 Å². The molecule has 8 nitrogen and oxygen atoms in total. The van der Waals surface area contributed by atoms with E-state index >= 15 is 0 Å². The van der Waals surface area contributed by atoms with Gasteiger partial charge in [-0.25, -0.2) is 8.42 Å². The summed E-state index contributed by atoms with van der Waals surface area (Å²) in [5.74, 6) is 0.336. The van der Waals surface area contributed by atoms with Gasteiger partial charge >= 0.3 is 0 Å². The van der Waals surface area contributed by atoms with Crippen molar-refractivity contribution in [2.24, 2.45) is 5.41 Å². The molecule has 3 heterocycles. The fourth-order valence-electron chi connectivity index (χ4n) is 3.96. The van der Waals surface area contributed by atoms with Crippen LogP contribution in [0.2, 0.25) is 0 Å². The number of piperidine rings is 1. The largest absolute Gasteiger partial charge is 0.383 e. The number of sulfonamides is 1. The summed E-state index contributed by atoms with van der Waals surface area (Å²) in [4.78, 5) is 14.9. The van der Waals surface area contributed by atoms with Crippen LogP contribution >= 0.6 is 0 Å². The van der Waals surface area contributed by atoms with Crippen molar-refractivity contribution >= 4 is 15.9 Å². The molecule has 1 atom stereocenters. The molecule has 3 rings (SSSR count). The Labute approximate surface area is 148 Å². The number of aromatic nitrogens is 1. The molecule has 0 aromatic carbocycles. The number of carbonyl (C=O) groups is 1. The predicted octanol–water partition coefficient (Wildman–Crippen LogP) is 0.941. The fourth-order valence-corrected chi connectivity index (χ4v) is 5.78. The van der Waals surface area contributed by atoms with Gasteiger partial charge in [0, 0.05) is 33.3 Å². The highest BCUT2D eigenvalue weighted by molar-refractivity contribution is 7.89. The van der Waals surface area contributed by atoms with Crippen LogP contribution in [0.3, 0.4) is 0 Å². The summed E-state index contributed by atoms with van der Waals surface area (Å²) in [7, 11) is -2.10. The molecule has 0 bridgehead atoms. The number of rotatable bonds is 5. The number of aryl methyl sites for hydroxylation is 2. The van der Waals surface area contributed by atoms with Gasteiger partial charge < -0.3 is 14.2 Å². The Bertz CT molecular complexity index is 740. The highest BCUT2D eigenvalue weighted by Crippen LogP contribution is 2.42. The molecule has 2 aliphatic rings. The molecule has 2 fully saturated rings. The van der Waals surface area contributed by atoms with Gasteiger partial charge in [-0.2, -0.15) is 4.31 Å². The average Bonchev–Trinajstić information content (AvgIpc) is 3.14. The first-order valence-corrected chi connectivity index (χ1v) is 9.97. The zero-order valence-electron chi connectivity index (χ0n) is 14.9. The number of hydrogen-bond donors (Lipinski definition) is 0. The molecule has 1 spiro atoms. The zero-order valence-corrected chi connectivity index (χ0v) is 15.8. The van der Waals surface area contributed by atoms with Crippen molar-refractivity contribution in [3.8, 4) is 0 Å². The summed E-state index contributed by atoms with van der Waals surface area (Å²) in [6, 6.07) is 0. The third-order valence-corrected chi connectivity index (χ3v) is 7.36. The first kappa shape index (κ1) is 18.3. The second-order valence-corrected chi connectivity index (χ2v) is 8.79. The van der Waals surface area contributed by atoms with E-state index in [-0.39, 0.29) is 23.1 Å². The molecule has 1 aromatic heterocycles. The maximum atomic E-state index is 13.0. The maximum absolute atomic E-state index is 13.0. The van der Waals surface area contributed by atoms with Crippen LogP contribution in [0, 0.1) is 19.3 Å². The average molecular weight is 371 g/mol. The maximum Gasteiger partial charge on any atom is 0.248 e. The summed E-state index contributed by atoms with van der Waals surface area (Å²) in [5, 5.41) is 3.75. The molecule has 140 valence electrons. The number of ether oxygens (including phenoxy) is 1. The third kappa shape index (κ3) is 3.09. The van der Waals surface area contributed by atoms with Crippen LogP contribution in [0.5, 0.6) is 0 Å². The molecule has 2 aliphatic heterocycles. The molecule has 2 saturated heterocycles. The number of nitrogens with zero attached hydrogens (tertiary/aromatic N) is 3. The van der Waals surface area contributed by atoms with Crippen LogP contribution in [-0.2, 0) is 19.6 Å². The summed E-state index contributed by atoms with van der Waals surface area (Å²) >= 11 is 0. The Hall–Kier alpha value is -1.45. The van der Waals surface area contributed by atoms with E-state index in [1.165, 1.54) is 4.31 Å². The van der Waals surface area contributed by atoms with E-state index < -0.39 is 15.4 Å². The second-order valence-electron chi connectivity index (χ2n) is 6.91. The summed E-state index contributed by atoms with van der Waals surface area (Å²) < 4.78 is 37.5. The second kappa shape index (κ2) is 6.69. The molecule has 0 unspecified atom stereocenters. The van der Waals surface area contributed by atoms with E-state index in [9.17, 15) is 13.2 Å². The number of carbonyl (C=O) groups excluding carboxylic acids is 1. The van der Waals surface area contributed by atoms with Crippen molar-refractivity contribution in [1.82, 2.24) is 14.4 Å². The van der Waals surface area contributed by atoms with Crippen LogP contribution in [0.15, 0.2) is 9.42 Å². The molecule has 1 aromatic rings. The topological polar surface area (TPSA) is 92.9 Å². The number of methoxy groups -OCH3 is 1. The highest BCUT2D eigenvalue weighted by Gasteiger charge is 2.51. The lowest BCUT2D eigenvalue weighted by Crippen LogP contribution is -2.51. The Kier molecular flexibility index (Phi) is 4.91. The minimum atomic E-state index is -3.71. The molecule has 1 amide bonds. The van der Waals surface area contributed by atoms with Crippen LogP contribution < -0.4 is 0 Å². The standard InChI is InChI=1S/C16H25N3O5S/c1-12-14(13(2)24-17-12)25(21,22)19-8-6-16(11-19)5-4-7-18(15(16)20)9-10-23-3/h4-11H2,1-3H3/t16-/m0/s1. The van der Waals surface area contributed by atoms with Gasteiger partial charge in [0.2, 0.25) is 15.9 Å². The van der Waals surface area contributed by atoms with Crippen molar-refractivity contribution in [1.29, 1.82) is 0 Å². The van der Waals surface area contributed by atoms with E-state index in [1.807, 2.05) is 0 Å². The molecular weight excluding hydrogens is 346 g/mol. The van der Waals surface area contributed by atoms with Crippen LogP contribution in [-0.4, -0.2) is 68.6 Å². The molecule has 0 N–H and O–H groups in total. The van der Waals surface area contributed by atoms with Gasteiger partial charge in [0.25, 0.3) is 0 Å². The molecule has 25 heavy (non-hydrogen) atoms. The SMILES string of the molecule is COCCN1CCC[C@@]2(CCN(S(=O)(=O)c3c(C)noc3C)C2)C1=O. The van der Waals surface area contributed by atoms with E-state index in [1.54, 1.807) is 25.9 Å². The summed E-state index contributed by atoms with van der Waals surface area (Å²) in [6.45, 7) is 5.53. The lowest BCUT2D eigenvalue weighted by molar-refractivity contribution is -0.146. The van der Waals surface area contributed by atoms with Gasteiger partial charge in [0.05, 0.1) is 12.0 Å². The predicted molar refractivity (Wildman–Crippen MR) is 89.5 cm³/mol. The van der Waals surface area contributed by atoms with Gasteiger partial charge in [-0.3, -0.25) is 4.79 Å². The molecule has 9 heteroatoms. The molecule has 0 radical (unpaired) electrons. The normalized spacial score (nSPS) is 25.2. The van der Waals surface area contributed by atoms with E-state index in [4.69, 9.17) is 9.26 Å². The smallest absolute Gasteiger partial charge is 0.248 e. The summed E-state index contributed by atoms with van der Waals surface area (Å²) in [6.07, 6.45) is 2.16. The monoisotopic (exact) mass is 371 g/mol. The minimum Gasteiger partial charge on any atom is -0.383 e. The van der Waals surface area contributed by atoms with Gasteiger partial charge in [-0.05, 0) is 33.1 Å². The van der Waals surface area contributed by atoms with E-state index in [0.29, 0.717) is 38.4 Å². The number of likely N-dealkylation sites (tertiary alicyclic amines) is 1. The van der Waals surface area contributed by atoms with E-state index in [0.717, 1.165) is 12.8 Å². The number of hydrogen-bond acceptors (Lipinski definition) is 6. The molecule has 0 aliphatic carbocycles. The van der Waals surface area contributed by atoms with Crippen LogP contribution in [0.25, 0.3) is 0 Å². The minimum absolute atomic E-state index is 0.0484. The van der Waals surface area contributed by atoms with Crippen molar-refractivity contribution < 1.29 is 22.5 Å². The number of amides is 1. The Morgan fingerprint density at radius 3 is 2.68 bits per heavy atom. The first-order valence-electron chi connectivity index (χ1n) is 8.53. The van der Waals surface area contributed by atoms with Crippen molar-refractivity contribution in [2.45, 2.75) is 38.0 Å². The Morgan fingerprint density at radius 1 is 1.28 bits per heavy atom. The Balaban J connectivity index is 1.82. The van der Waals surface area contributed by atoms with Gasteiger partial charge in [-0.1, -0.05) is 5.16 Å².